The fourth-order valence-corrected chi connectivity index (χ4v) is 4.18. The van der Waals surface area contributed by atoms with E-state index in [0.717, 1.165) is 71.4 Å². The van der Waals surface area contributed by atoms with Crippen LogP contribution in [0.25, 0.3) is 0 Å². The molecule has 2 saturated heterocycles. The number of rotatable bonds is 4. The number of nitrogens with zero attached hydrogens (tertiary/aromatic N) is 3. The quantitative estimate of drug-likeness (QED) is 0.852. The van der Waals surface area contributed by atoms with E-state index in [4.69, 9.17) is 9.72 Å². The van der Waals surface area contributed by atoms with Gasteiger partial charge < -0.3 is 14.2 Å². The molecule has 5 nitrogen and oxygen atoms in total. The lowest BCUT2D eigenvalue weighted by Crippen LogP contribution is -2.40. The van der Waals surface area contributed by atoms with Crippen molar-refractivity contribution in [2.24, 2.45) is 11.8 Å². The first-order chi connectivity index (χ1) is 11.7. The molecule has 0 unspecified atom stereocenters. The molecule has 5 heteroatoms. The van der Waals surface area contributed by atoms with Gasteiger partial charge in [-0.3, -0.25) is 4.79 Å². The van der Waals surface area contributed by atoms with E-state index < -0.39 is 0 Å². The Morgan fingerprint density at radius 3 is 2.54 bits per heavy atom. The average molecular weight is 331 g/mol. The van der Waals surface area contributed by atoms with E-state index in [1.54, 1.807) is 0 Å². The first-order valence-corrected chi connectivity index (χ1v) is 9.61. The molecular weight excluding hydrogens is 302 g/mol. The van der Waals surface area contributed by atoms with Crippen molar-refractivity contribution in [3.63, 3.8) is 0 Å². The lowest BCUT2D eigenvalue weighted by molar-refractivity contribution is -0.134. The van der Waals surface area contributed by atoms with Crippen molar-refractivity contribution in [2.75, 3.05) is 26.3 Å². The van der Waals surface area contributed by atoms with Crippen molar-refractivity contribution < 1.29 is 9.53 Å². The van der Waals surface area contributed by atoms with Crippen LogP contribution in [-0.2, 0) is 16.1 Å². The smallest absolute Gasteiger partial charge is 0.225 e. The number of imidazole rings is 1. The number of piperidine rings is 1. The first-order valence-electron chi connectivity index (χ1n) is 9.61. The Morgan fingerprint density at radius 1 is 1.17 bits per heavy atom. The first kappa shape index (κ1) is 16.1. The number of aromatic nitrogens is 2. The third-order valence-corrected chi connectivity index (χ3v) is 5.97. The fourth-order valence-electron chi connectivity index (χ4n) is 4.18. The Kier molecular flexibility index (Phi) is 4.61. The highest BCUT2D eigenvalue weighted by molar-refractivity contribution is 5.81. The van der Waals surface area contributed by atoms with Crippen LogP contribution in [0.3, 0.4) is 0 Å². The summed E-state index contributed by atoms with van der Waals surface area (Å²) in [7, 11) is 0. The molecule has 1 amide bonds. The van der Waals surface area contributed by atoms with Gasteiger partial charge in [-0.1, -0.05) is 0 Å². The van der Waals surface area contributed by atoms with Gasteiger partial charge in [0.1, 0.15) is 5.82 Å². The maximum absolute atomic E-state index is 12.2. The average Bonchev–Trinajstić information content (AvgIpc) is 3.41. The van der Waals surface area contributed by atoms with E-state index in [1.165, 1.54) is 11.5 Å². The minimum atomic E-state index is 0.359. The summed E-state index contributed by atoms with van der Waals surface area (Å²) in [5, 5.41) is 0. The Labute approximate surface area is 144 Å². The maximum Gasteiger partial charge on any atom is 0.225 e. The zero-order valence-electron chi connectivity index (χ0n) is 14.7. The number of likely N-dealkylation sites (tertiary alicyclic amines) is 1. The zero-order valence-corrected chi connectivity index (χ0v) is 14.7. The third kappa shape index (κ3) is 3.37. The summed E-state index contributed by atoms with van der Waals surface area (Å²) in [6, 6.07) is 0. The van der Waals surface area contributed by atoms with Gasteiger partial charge in [0.15, 0.2) is 0 Å². The SMILES string of the molecule is Cc1cnc(C2CCOCC2)n1CC1CCN(C(=O)C2CC2)CC1. The van der Waals surface area contributed by atoms with Gasteiger partial charge in [-0.05, 0) is 51.4 Å². The molecule has 3 aliphatic rings. The standard InChI is InChI=1S/C19H29N3O2/c1-14-12-20-18(16-6-10-24-11-7-16)22(14)13-15-4-8-21(9-5-15)19(23)17-2-3-17/h12,15-17H,2-11,13H2,1H3. The highest BCUT2D eigenvalue weighted by atomic mass is 16.5. The minimum Gasteiger partial charge on any atom is -0.381 e. The molecule has 4 rings (SSSR count). The van der Waals surface area contributed by atoms with Crippen molar-refractivity contribution in [2.45, 2.75) is 57.9 Å². The van der Waals surface area contributed by atoms with Crippen LogP contribution in [-0.4, -0.2) is 46.7 Å². The van der Waals surface area contributed by atoms with Crippen molar-refractivity contribution in [3.8, 4) is 0 Å². The van der Waals surface area contributed by atoms with Crippen molar-refractivity contribution in [1.29, 1.82) is 0 Å². The van der Waals surface area contributed by atoms with Crippen molar-refractivity contribution in [1.82, 2.24) is 14.5 Å². The van der Waals surface area contributed by atoms with Gasteiger partial charge in [0.25, 0.3) is 0 Å². The van der Waals surface area contributed by atoms with Gasteiger partial charge in [0, 0.05) is 56.6 Å². The van der Waals surface area contributed by atoms with E-state index in [-0.39, 0.29) is 0 Å². The number of carbonyl (C=O) groups is 1. The molecule has 2 aliphatic heterocycles. The Morgan fingerprint density at radius 2 is 1.88 bits per heavy atom. The molecule has 0 atom stereocenters. The summed E-state index contributed by atoms with van der Waals surface area (Å²) in [4.78, 5) is 19.0. The largest absolute Gasteiger partial charge is 0.381 e. The molecule has 0 spiro atoms. The van der Waals surface area contributed by atoms with Crippen LogP contribution in [0.5, 0.6) is 0 Å². The second kappa shape index (κ2) is 6.87. The van der Waals surface area contributed by atoms with Gasteiger partial charge in [0.2, 0.25) is 5.91 Å². The summed E-state index contributed by atoms with van der Waals surface area (Å²) in [6.07, 6.45) is 8.68. The molecule has 24 heavy (non-hydrogen) atoms. The summed E-state index contributed by atoms with van der Waals surface area (Å²) in [5.41, 5.74) is 1.27. The number of amides is 1. The summed E-state index contributed by atoms with van der Waals surface area (Å²) in [5.74, 6) is 3.24. The molecule has 3 heterocycles. The van der Waals surface area contributed by atoms with Gasteiger partial charge >= 0.3 is 0 Å². The summed E-state index contributed by atoms with van der Waals surface area (Å²) >= 11 is 0. The van der Waals surface area contributed by atoms with Gasteiger partial charge in [-0.15, -0.1) is 0 Å². The predicted molar refractivity (Wildman–Crippen MR) is 91.8 cm³/mol. The molecule has 0 N–H and O–H groups in total. The summed E-state index contributed by atoms with van der Waals surface area (Å²) in [6.45, 7) is 6.84. The van der Waals surface area contributed by atoms with Gasteiger partial charge in [-0.25, -0.2) is 4.98 Å². The van der Waals surface area contributed by atoms with E-state index >= 15 is 0 Å². The molecule has 1 aliphatic carbocycles. The monoisotopic (exact) mass is 331 g/mol. The Balaban J connectivity index is 1.37. The van der Waals surface area contributed by atoms with Gasteiger partial charge in [0.05, 0.1) is 0 Å². The lowest BCUT2D eigenvalue weighted by atomic mass is 9.95. The number of ether oxygens (including phenoxy) is 1. The molecule has 132 valence electrons. The van der Waals surface area contributed by atoms with Crippen LogP contribution in [0, 0.1) is 18.8 Å². The van der Waals surface area contributed by atoms with Crippen molar-refractivity contribution in [3.05, 3.63) is 17.7 Å². The molecule has 0 radical (unpaired) electrons. The second-order valence-corrected chi connectivity index (χ2v) is 7.80. The molecule has 3 fully saturated rings. The van der Waals surface area contributed by atoms with Crippen LogP contribution in [0.15, 0.2) is 6.20 Å². The third-order valence-electron chi connectivity index (χ3n) is 5.97. The number of aryl methyl sites for hydroxylation is 1. The molecule has 0 aromatic carbocycles. The molecule has 1 saturated carbocycles. The topological polar surface area (TPSA) is 47.4 Å². The van der Waals surface area contributed by atoms with Crippen LogP contribution in [0.1, 0.15) is 56.0 Å². The lowest BCUT2D eigenvalue weighted by Gasteiger charge is -2.33. The molecule has 1 aromatic rings. The second-order valence-electron chi connectivity index (χ2n) is 7.80. The van der Waals surface area contributed by atoms with Crippen LogP contribution in [0.2, 0.25) is 0 Å². The van der Waals surface area contributed by atoms with E-state index in [1.807, 2.05) is 6.20 Å². The highest BCUT2D eigenvalue weighted by Gasteiger charge is 2.35. The maximum atomic E-state index is 12.2. The fraction of sp³-hybridized carbons (Fsp3) is 0.789. The minimum absolute atomic E-state index is 0.359. The number of hydrogen-bond donors (Lipinski definition) is 0. The zero-order chi connectivity index (χ0) is 16.5. The van der Waals surface area contributed by atoms with Crippen LogP contribution >= 0.6 is 0 Å². The van der Waals surface area contributed by atoms with Crippen molar-refractivity contribution >= 4 is 5.91 Å². The highest BCUT2D eigenvalue weighted by Crippen LogP contribution is 2.33. The normalized spacial score (nSPS) is 23.6. The molecular formula is C19H29N3O2. The van der Waals surface area contributed by atoms with E-state index in [9.17, 15) is 4.79 Å². The van der Waals surface area contributed by atoms with Gasteiger partial charge in [-0.2, -0.15) is 0 Å². The number of carbonyl (C=O) groups excluding carboxylic acids is 1. The van der Waals surface area contributed by atoms with E-state index in [0.29, 0.717) is 23.7 Å². The predicted octanol–water partition coefficient (Wildman–Crippen LogP) is 2.73. The number of hydrogen-bond acceptors (Lipinski definition) is 3. The Bertz CT molecular complexity index is 579. The Hall–Kier alpha value is -1.36. The van der Waals surface area contributed by atoms with E-state index in [2.05, 4.69) is 16.4 Å². The summed E-state index contributed by atoms with van der Waals surface area (Å²) < 4.78 is 7.95. The molecule has 1 aromatic heterocycles. The van der Waals surface area contributed by atoms with Crippen LogP contribution < -0.4 is 0 Å². The molecule has 0 bridgehead atoms. The van der Waals surface area contributed by atoms with Crippen LogP contribution in [0.4, 0.5) is 0 Å².